The van der Waals surface area contributed by atoms with Gasteiger partial charge in [-0.25, -0.2) is 0 Å². The second-order valence-electron chi connectivity index (χ2n) is 4.43. The van der Waals surface area contributed by atoms with Crippen molar-refractivity contribution >= 4 is 33.8 Å². The molecule has 0 heterocycles. The van der Waals surface area contributed by atoms with Gasteiger partial charge in [-0.05, 0) is 38.2 Å². The maximum absolute atomic E-state index is 9.80. The third kappa shape index (κ3) is 2.71. The molecular weight excluding hydrogens is 244 g/mol. The predicted molar refractivity (Wildman–Crippen MR) is 80.1 cm³/mol. The van der Waals surface area contributed by atoms with E-state index in [-0.39, 0.29) is 11.8 Å². The van der Waals surface area contributed by atoms with Gasteiger partial charge in [0, 0.05) is 22.5 Å². The van der Waals surface area contributed by atoms with Crippen molar-refractivity contribution in [1.29, 1.82) is 0 Å². The van der Waals surface area contributed by atoms with E-state index in [1.165, 1.54) is 0 Å². The number of hydrogen-bond donors (Lipinski definition) is 3. The van der Waals surface area contributed by atoms with Gasteiger partial charge in [0.2, 0.25) is 0 Å². The van der Waals surface area contributed by atoms with Crippen molar-refractivity contribution < 1.29 is 5.11 Å². The number of thiocarbonyl (C=S) groups is 1. The Labute approximate surface area is 112 Å². The Bertz CT molecular complexity index is 581. The molecule has 2 aromatic carbocycles. The molecule has 0 amide bonds. The van der Waals surface area contributed by atoms with Gasteiger partial charge in [0.05, 0.1) is 0 Å². The van der Waals surface area contributed by atoms with Crippen LogP contribution in [0.5, 0.6) is 5.75 Å². The molecule has 2 aromatic rings. The van der Waals surface area contributed by atoms with Crippen molar-refractivity contribution in [1.82, 2.24) is 5.32 Å². The first kappa shape index (κ1) is 12.6. The van der Waals surface area contributed by atoms with E-state index < -0.39 is 0 Å². The number of aromatic hydroxyl groups is 1. The minimum absolute atomic E-state index is 0.277. The maximum Gasteiger partial charge on any atom is 0.170 e. The summed E-state index contributed by atoms with van der Waals surface area (Å²) in [5.41, 5.74) is 0.890. The van der Waals surface area contributed by atoms with Crippen molar-refractivity contribution in [2.24, 2.45) is 0 Å². The molecule has 0 spiro atoms. The Morgan fingerprint density at radius 2 is 1.78 bits per heavy atom. The summed E-state index contributed by atoms with van der Waals surface area (Å²) in [6.07, 6.45) is 0. The summed E-state index contributed by atoms with van der Waals surface area (Å²) in [5, 5.41) is 18.4. The summed E-state index contributed by atoms with van der Waals surface area (Å²) in [6.45, 7) is 4.06. The molecule has 0 aliphatic rings. The summed E-state index contributed by atoms with van der Waals surface area (Å²) >= 11 is 5.22. The van der Waals surface area contributed by atoms with Gasteiger partial charge in [-0.15, -0.1) is 0 Å². The molecule has 3 N–H and O–H groups in total. The summed E-state index contributed by atoms with van der Waals surface area (Å²) in [5.74, 6) is 0.277. The number of benzene rings is 2. The number of nitrogens with one attached hydrogen (secondary N) is 2. The molecule has 0 bridgehead atoms. The van der Waals surface area contributed by atoms with Crippen LogP contribution in [0.15, 0.2) is 36.4 Å². The van der Waals surface area contributed by atoms with Crippen LogP contribution in [0.3, 0.4) is 0 Å². The number of phenolic OH excluding ortho intramolecular Hbond substituents is 1. The number of fused-ring (bicyclic) bond motifs is 1. The van der Waals surface area contributed by atoms with Crippen LogP contribution in [0.4, 0.5) is 5.69 Å². The maximum atomic E-state index is 9.80. The van der Waals surface area contributed by atoms with Crippen LogP contribution in [-0.2, 0) is 0 Å². The third-order valence-electron chi connectivity index (χ3n) is 2.57. The monoisotopic (exact) mass is 260 g/mol. The lowest BCUT2D eigenvalue weighted by Gasteiger charge is -2.14. The summed E-state index contributed by atoms with van der Waals surface area (Å²) in [4.78, 5) is 0. The average molecular weight is 260 g/mol. The van der Waals surface area contributed by atoms with Gasteiger partial charge in [-0.3, -0.25) is 0 Å². The highest BCUT2D eigenvalue weighted by molar-refractivity contribution is 7.80. The van der Waals surface area contributed by atoms with E-state index in [1.807, 2.05) is 44.2 Å². The zero-order chi connectivity index (χ0) is 13.1. The summed E-state index contributed by atoms with van der Waals surface area (Å²) < 4.78 is 0. The Morgan fingerprint density at radius 1 is 1.11 bits per heavy atom. The molecular formula is C14H16N2OS. The van der Waals surface area contributed by atoms with E-state index >= 15 is 0 Å². The molecule has 0 fully saturated rings. The van der Waals surface area contributed by atoms with Crippen LogP contribution in [0.1, 0.15) is 13.8 Å². The molecule has 0 aliphatic carbocycles. The van der Waals surface area contributed by atoms with Crippen molar-refractivity contribution in [3.05, 3.63) is 36.4 Å². The molecule has 4 heteroatoms. The lowest BCUT2D eigenvalue weighted by Crippen LogP contribution is -2.33. The Kier molecular flexibility index (Phi) is 3.67. The largest absolute Gasteiger partial charge is 0.507 e. The van der Waals surface area contributed by atoms with Crippen LogP contribution >= 0.6 is 12.2 Å². The van der Waals surface area contributed by atoms with Crippen molar-refractivity contribution in [2.75, 3.05) is 5.32 Å². The Balaban J connectivity index is 2.34. The van der Waals surface area contributed by atoms with E-state index in [9.17, 15) is 5.11 Å². The average Bonchev–Trinajstić information content (AvgIpc) is 2.29. The second kappa shape index (κ2) is 5.23. The molecule has 0 atom stereocenters. The Hall–Kier alpha value is -1.81. The molecule has 0 saturated carbocycles. The third-order valence-corrected chi connectivity index (χ3v) is 2.79. The molecule has 0 saturated heterocycles. The van der Waals surface area contributed by atoms with Gasteiger partial charge in [-0.1, -0.05) is 24.3 Å². The van der Waals surface area contributed by atoms with E-state index in [0.29, 0.717) is 5.11 Å². The molecule has 94 valence electrons. The molecule has 0 unspecified atom stereocenters. The van der Waals surface area contributed by atoms with Crippen molar-refractivity contribution in [2.45, 2.75) is 19.9 Å². The van der Waals surface area contributed by atoms with Gasteiger partial charge in [0.1, 0.15) is 5.75 Å². The van der Waals surface area contributed by atoms with E-state index in [0.717, 1.165) is 16.5 Å². The highest BCUT2D eigenvalue weighted by Crippen LogP contribution is 2.29. The fourth-order valence-corrected chi connectivity index (χ4v) is 2.17. The fourth-order valence-electron chi connectivity index (χ4n) is 1.82. The molecule has 18 heavy (non-hydrogen) atoms. The van der Waals surface area contributed by atoms with Gasteiger partial charge in [0.25, 0.3) is 0 Å². The first-order valence-corrected chi connectivity index (χ1v) is 6.27. The standard InChI is InChI=1S/C14H16N2OS/c1-9(2)15-14(18)16-12-7-3-6-11-10(12)5-4-8-13(11)17/h3-9,17H,1-2H3,(H2,15,16,18). The van der Waals surface area contributed by atoms with Crippen LogP contribution < -0.4 is 10.6 Å². The lowest BCUT2D eigenvalue weighted by molar-refractivity contribution is 0.481. The minimum atomic E-state index is 0.277. The highest BCUT2D eigenvalue weighted by Gasteiger charge is 2.05. The molecule has 3 nitrogen and oxygen atoms in total. The zero-order valence-electron chi connectivity index (χ0n) is 10.4. The van der Waals surface area contributed by atoms with Gasteiger partial charge < -0.3 is 15.7 Å². The summed E-state index contributed by atoms with van der Waals surface area (Å²) in [7, 11) is 0. The fraction of sp³-hybridized carbons (Fsp3) is 0.214. The normalized spacial score (nSPS) is 10.6. The molecule has 0 aliphatic heterocycles. The molecule has 2 rings (SSSR count). The SMILES string of the molecule is CC(C)NC(=S)Nc1cccc2c(O)cccc12. The first-order chi connectivity index (χ1) is 8.58. The van der Waals surface area contributed by atoms with Crippen molar-refractivity contribution in [3.8, 4) is 5.75 Å². The van der Waals surface area contributed by atoms with Gasteiger partial charge in [-0.2, -0.15) is 0 Å². The lowest BCUT2D eigenvalue weighted by atomic mass is 10.1. The van der Waals surface area contributed by atoms with Gasteiger partial charge in [0.15, 0.2) is 5.11 Å². The zero-order valence-corrected chi connectivity index (χ0v) is 11.2. The number of hydrogen-bond acceptors (Lipinski definition) is 2. The molecule has 0 aromatic heterocycles. The smallest absolute Gasteiger partial charge is 0.170 e. The van der Waals surface area contributed by atoms with E-state index in [4.69, 9.17) is 12.2 Å². The van der Waals surface area contributed by atoms with Crippen LogP contribution in [0.2, 0.25) is 0 Å². The summed E-state index contributed by atoms with van der Waals surface area (Å²) in [6, 6.07) is 11.5. The quantitative estimate of drug-likeness (QED) is 0.725. The highest BCUT2D eigenvalue weighted by atomic mass is 32.1. The van der Waals surface area contributed by atoms with Crippen LogP contribution in [0, 0.1) is 0 Å². The van der Waals surface area contributed by atoms with Crippen molar-refractivity contribution in [3.63, 3.8) is 0 Å². The topological polar surface area (TPSA) is 44.3 Å². The van der Waals surface area contributed by atoms with E-state index in [1.54, 1.807) is 6.07 Å². The minimum Gasteiger partial charge on any atom is -0.507 e. The Morgan fingerprint density at radius 3 is 2.50 bits per heavy atom. The number of rotatable bonds is 2. The number of phenols is 1. The number of anilines is 1. The second-order valence-corrected chi connectivity index (χ2v) is 4.84. The van der Waals surface area contributed by atoms with Gasteiger partial charge >= 0.3 is 0 Å². The molecule has 0 radical (unpaired) electrons. The van der Waals surface area contributed by atoms with Crippen LogP contribution in [0.25, 0.3) is 10.8 Å². The first-order valence-electron chi connectivity index (χ1n) is 5.86. The predicted octanol–water partition coefficient (Wildman–Crippen LogP) is 3.24. The van der Waals surface area contributed by atoms with E-state index in [2.05, 4.69) is 10.6 Å². The van der Waals surface area contributed by atoms with Crippen LogP contribution in [-0.4, -0.2) is 16.3 Å².